The average molecular weight is 322 g/mol. The molecule has 0 saturated carbocycles. The third-order valence-electron chi connectivity index (χ3n) is 3.92. The van der Waals surface area contributed by atoms with Crippen LogP contribution >= 0.6 is 0 Å². The fourth-order valence-corrected chi connectivity index (χ4v) is 2.75. The van der Waals surface area contributed by atoms with E-state index in [-0.39, 0.29) is 6.47 Å². The maximum absolute atomic E-state index is 11.2. The predicted octanol–water partition coefficient (Wildman–Crippen LogP) is 1.41. The van der Waals surface area contributed by atoms with Crippen LogP contribution in [0.5, 0.6) is 0 Å². The Balaban J connectivity index is 0.000000816. The number of nitrogens with two attached hydrogens (primary N) is 1. The number of carbonyl (C=O) groups excluding carboxylic acids is 1. The Labute approximate surface area is 136 Å². The molecule has 1 amide bonds. The standard InChI is InChI=1S/C15H24N4O.CH2O2/c1-11(2)13(19-7-3-4-8-19)10-18-14-9-12(15(16)20)5-6-17-14;2-1-3/h5-6,9,11,13H,3-4,7-8,10H2,1-2H3,(H2,16,20)(H,17,18);1H,(H,2,3). The Kier molecular flexibility index (Phi) is 8.04. The van der Waals surface area contributed by atoms with E-state index in [9.17, 15) is 4.79 Å². The number of rotatable bonds is 6. The van der Waals surface area contributed by atoms with E-state index in [1.165, 1.54) is 25.9 Å². The number of anilines is 1. The molecule has 1 saturated heterocycles. The Morgan fingerprint density at radius 1 is 1.48 bits per heavy atom. The van der Waals surface area contributed by atoms with Crippen LogP contribution in [0.2, 0.25) is 0 Å². The minimum absolute atomic E-state index is 0.250. The zero-order valence-electron chi connectivity index (χ0n) is 13.7. The van der Waals surface area contributed by atoms with Gasteiger partial charge >= 0.3 is 0 Å². The second-order valence-corrected chi connectivity index (χ2v) is 5.83. The van der Waals surface area contributed by atoms with Crippen molar-refractivity contribution in [3.63, 3.8) is 0 Å². The van der Waals surface area contributed by atoms with Gasteiger partial charge in [0.2, 0.25) is 5.91 Å². The van der Waals surface area contributed by atoms with E-state index in [1.54, 1.807) is 18.3 Å². The van der Waals surface area contributed by atoms with Gasteiger partial charge in [-0.2, -0.15) is 0 Å². The lowest BCUT2D eigenvalue weighted by atomic mass is 10.0. The van der Waals surface area contributed by atoms with E-state index >= 15 is 0 Å². The number of carboxylic acid groups (broad SMARTS) is 1. The van der Waals surface area contributed by atoms with Crippen LogP contribution in [-0.2, 0) is 4.79 Å². The van der Waals surface area contributed by atoms with Crippen LogP contribution in [0.25, 0.3) is 0 Å². The summed E-state index contributed by atoms with van der Waals surface area (Å²) >= 11 is 0. The minimum atomic E-state index is -0.421. The number of pyridine rings is 1. The number of aromatic nitrogens is 1. The zero-order valence-corrected chi connectivity index (χ0v) is 13.7. The van der Waals surface area contributed by atoms with Gasteiger partial charge in [0, 0.05) is 24.3 Å². The maximum atomic E-state index is 11.2. The fraction of sp³-hybridized carbons (Fsp3) is 0.562. The normalized spacial score (nSPS) is 15.6. The molecule has 23 heavy (non-hydrogen) atoms. The largest absolute Gasteiger partial charge is 0.483 e. The highest BCUT2D eigenvalue weighted by Crippen LogP contribution is 2.18. The molecule has 2 rings (SSSR count). The van der Waals surface area contributed by atoms with Crippen molar-refractivity contribution < 1.29 is 14.7 Å². The van der Waals surface area contributed by atoms with Crippen LogP contribution < -0.4 is 11.1 Å². The molecule has 0 bridgehead atoms. The van der Waals surface area contributed by atoms with Crippen molar-refractivity contribution in [3.8, 4) is 0 Å². The van der Waals surface area contributed by atoms with E-state index < -0.39 is 5.91 Å². The van der Waals surface area contributed by atoms with Crippen LogP contribution in [-0.4, -0.2) is 53.0 Å². The number of hydrogen-bond donors (Lipinski definition) is 3. The SMILES string of the molecule is CC(C)C(CNc1cc(C(N)=O)ccn1)N1CCCC1.O=CO. The van der Waals surface area contributed by atoms with Crippen molar-refractivity contribution in [1.29, 1.82) is 0 Å². The molecule has 128 valence electrons. The average Bonchev–Trinajstić information content (AvgIpc) is 3.02. The van der Waals surface area contributed by atoms with Crippen LogP contribution in [0.3, 0.4) is 0 Å². The van der Waals surface area contributed by atoms with Crippen molar-refractivity contribution in [3.05, 3.63) is 23.9 Å². The van der Waals surface area contributed by atoms with Crippen LogP contribution in [0.1, 0.15) is 37.0 Å². The van der Waals surface area contributed by atoms with Gasteiger partial charge in [0.25, 0.3) is 6.47 Å². The Morgan fingerprint density at radius 2 is 2.09 bits per heavy atom. The molecule has 7 heteroatoms. The first kappa shape index (κ1) is 18.9. The van der Waals surface area contributed by atoms with E-state index in [1.807, 2.05) is 0 Å². The number of hydrogen-bond acceptors (Lipinski definition) is 5. The molecular formula is C16H26N4O3. The quantitative estimate of drug-likeness (QED) is 0.683. The van der Waals surface area contributed by atoms with Crippen molar-refractivity contribution in [1.82, 2.24) is 9.88 Å². The second kappa shape index (κ2) is 9.78. The lowest BCUT2D eigenvalue weighted by molar-refractivity contribution is -0.122. The topological polar surface area (TPSA) is 109 Å². The number of amides is 1. The molecule has 2 heterocycles. The molecule has 1 atom stereocenters. The highest BCUT2D eigenvalue weighted by atomic mass is 16.3. The third-order valence-corrected chi connectivity index (χ3v) is 3.92. The summed E-state index contributed by atoms with van der Waals surface area (Å²) in [5, 5.41) is 10.2. The fourth-order valence-electron chi connectivity index (χ4n) is 2.75. The van der Waals surface area contributed by atoms with E-state index in [2.05, 4.69) is 29.0 Å². The summed E-state index contributed by atoms with van der Waals surface area (Å²) in [6, 6.07) is 3.84. The van der Waals surface area contributed by atoms with Crippen LogP contribution in [0.15, 0.2) is 18.3 Å². The van der Waals surface area contributed by atoms with Crippen LogP contribution in [0.4, 0.5) is 5.82 Å². The second-order valence-electron chi connectivity index (χ2n) is 5.83. The maximum Gasteiger partial charge on any atom is 0.290 e. The van der Waals surface area contributed by atoms with Crippen molar-refractivity contribution >= 4 is 18.2 Å². The molecule has 1 unspecified atom stereocenters. The Morgan fingerprint density at radius 3 is 2.61 bits per heavy atom. The minimum Gasteiger partial charge on any atom is -0.483 e. The van der Waals surface area contributed by atoms with E-state index in [0.717, 1.165) is 6.54 Å². The Bertz CT molecular complexity index is 502. The molecule has 0 aromatic carbocycles. The van der Waals surface area contributed by atoms with E-state index in [4.69, 9.17) is 15.6 Å². The first-order valence-corrected chi connectivity index (χ1v) is 7.81. The summed E-state index contributed by atoms with van der Waals surface area (Å²) in [6.45, 7) is 7.45. The summed E-state index contributed by atoms with van der Waals surface area (Å²) in [6.07, 6.45) is 4.19. The number of primary amides is 1. The van der Waals surface area contributed by atoms with E-state index in [0.29, 0.717) is 23.3 Å². The van der Waals surface area contributed by atoms with Gasteiger partial charge < -0.3 is 16.2 Å². The van der Waals surface area contributed by atoms with Gasteiger partial charge in [0.15, 0.2) is 0 Å². The van der Waals surface area contributed by atoms with Gasteiger partial charge in [-0.05, 0) is 44.0 Å². The van der Waals surface area contributed by atoms with Crippen molar-refractivity contribution in [2.45, 2.75) is 32.7 Å². The summed E-state index contributed by atoms with van der Waals surface area (Å²) in [5.74, 6) is 0.876. The lowest BCUT2D eigenvalue weighted by Gasteiger charge is -2.31. The first-order valence-electron chi connectivity index (χ1n) is 7.81. The number of nitrogens with zero attached hydrogens (tertiary/aromatic N) is 2. The smallest absolute Gasteiger partial charge is 0.290 e. The zero-order chi connectivity index (χ0) is 17.2. The molecule has 1 aromatic rings. The molecule has 7 nitrogen and oxygen atoms in total. The van der Waals surface area contributed by atoms with Gasteiger partial charge in [-0.1, -0.05) is 13.8 Å². The van der Waals surface area contributed by atoms with Gasteiger partial charge in [-0.3, -0.25) is 14.5 Å². The number of nitrogens with one attached hydrogen (secondary N) is 1. The first-order chi connectivity index (χ1) is 11.0. The Hall–Kier alpha value is -2.15. The number of likely N-dealkylation sites (tertiary alicyclic amines) is 1. The van der Waals surface area contributed by atoms with Crippen molar-refractivity contribution in [2.75, 3.05) is 25.0 Å². The molecule has 0 aliphatic carbocycles. The highest BCUT2D eigenvalue weighted by Gasteiger charge is 2.24. The summed E-state index contributed by atoms with van der Waals surface area (Å²) in [4.78, 5) is 26.3. The van der Waals surface area contributed by atoms with Crippen LogP contribution in [0, 0.1) is 5.92 Å². The third kappa shape index (κ3) is 6.23. The summed E-state index contributed by atoms with van der Waals surface area (Å²) in [5.41, 5.74) is 5.77. The molecule has 1 aliphatic heterocycles. The monoisotopic (exact) mass is 322 g/mol. The lowest BCUT2D eigenvalue weighted by Crippen LogP contribution is -2.42. The molecule has 1 aliphatic rings. The number of carbonyl (C=O) groups is 2. The molecule has 4 N–H and O–H groups in total. The van der Waals surface area contributed by atoms with Gasteiger partial charge in [-0.25, -0.2) is 4.98 Å². The van der Waals surface area contributed by atoms with Gasteiger partial charge in [0.1, 0.15) is 5.82 Å². The van der Waals surface area contributed by atoms with Crippen molar-refractivity contribution in [2.24, 2.45) is 11.7 Å². The highest BCUT2D eigenvalue weighted by molar-refractivity contribution is 5.93. The van der Waals surface area contributed by atoms with Gasteiger partial charge in [0.05, 0.1) is 0 Å². The molecule has 1 aromatic heterocycles. The molecular weight excluding hydrogens is 296 g/mol. The summed E-state index contributed by atoms with van der Waals surface area (Å²) < 4.78 is 0. The predicted molar refractivity (Wildman–Crippen MR) is 89.4 cm³/mol. The molecule has 1 fully saturated rings. The summed E-state index contributed by atoms with van der Waals surface area (Å²) in [7, 11) is 0. The molecule has 0 spiro atoms. The molecule has 0 radical (unpaired) electrons. The van der Waals surface area contributed by atoms with Gasteiger partial charge in [-0.15, -0.1) is 0 Å².